The van der Waals surface area contributed by atoms with Gasteiger partial charge in [-0.05, 0) is 42.9 Å². The van der Waals surface area contributed by atoms with E-state index in [0.29, 0.717) is 16.3 Å². The lowest BCUT2D eigenvalue weighted by molar-refractivity contribution is 0.419. The Morgan fingerprint density at radius 3 is 2.86 bits per heavy atom. The van der Waals surface area contributed by atoms with Crippen LogP contribution >= 0.6 is 11.6 Å². The molecule has 1 aliphatic carbocycles. The lowest BCUT2D eigenvalue weighted by Gasteiger charge is -2.18. The van der Waals surface area contributed by atoms with Crippen molar-refractivity contribution in [3.8, 4) is 0 Å². The Hall–Kier alpha value is -1.61. The maximum Gasteiger partial charge on any atom is 0.282 e. The number of allylic oxidation sites excluding steroid dienone is 2. The van der Waals surface area contributed by atoms with Crippen molar-refractivity contribution in [2.24, 2.45) is 5.92 Å². The van der Waals surface area contributed by atoms with Gasteiger partial charge in [-0.25, -0.2) is 0 Å². The molecule has 1 saturated carbocycles. The minimum atomic E-state index is -0.205. The molecule has 4 heteroatoms. The zero-order valence-electron chi connectivity index (χ0n) is 12.5. The van der Waals surface area contributed by atoms with Gasteiger partial charge >= 0.3 is 0 Å². The number of aryl methyl sites for hydroxylation is 1. The Morgan fingerprint density at radius 1 is 1.23 bits per heavy atom. The summed E-state index contributed by atoms with van der Waals surface area (Å²) >= 11 is 6.19. The highest BCUT2D eigenvalue weighted by atomic mass is 35.5. The zero-order valence-corrected chi connectivity index (χ0v) is 13.3. The Kier molecular flexibility index (Phi) is 3.53. The summed E-state index contributed by atoms with van der Waals surface area (Å²) in [5, 5.41) is 1.04. The molecule has 2 heterocycles. The van der Waals surface area contributed by atoms with Crippen LogP contribution < -0.4 is 5.56 Å². The Bertz CT molecular complexity index is 816. The second-order valence-electron chi connectivity index (χ2n) is 6.37. The molecule has 1 aromatic heterocycles. The second kappa shape index (κ2) is 5.54. The molecule has 0 atom stereocenters. The van der Waals surface area contributed by atoms with Crippen LogP contribution in [0.1, 0.15) is 44.3 Å². The molecule has 0 amide bonds. The molecule has 0 spiro atoms. The largest absolute Gasteiger partial charge is 0.325 e. The van der Waals surface area contributed by atoms with E-state index in [2.05, 4.69) is 15.6 Å². The highest BCUT2D eigenvalue weighted by Gasteiger charge is 2.23. The molecular formula is C18H19ClN2O. The summed E-state index contributed by atoms with van der Waals surface area (Å²) in [6.07, 6.45) is 9.89. The molecular weight excluding hydrogens is 296 g/mol. The van der Waals surface area contributed by atoms with E-state index in [9.17, 15) is 4.79 Å². The summed E-state index contributed by atoms with van der Waals surface area (Å²) in [4.78, 5) is 16.7. The molecule has 1 aromatic carbocycles. The van der Waals surface area contributed by atoms with E-state index >= 15 is 0 Å². The standard InChI is InChI=1S/C18H19ClN2O/c19-14-7-4-8-15-16(14)18(22)20-17-13(9-10-21(15)17)11-12-5-2-1-3-6-12/h4,7-8,11-12H,1-3,5-6,9-10H2/b13-11+. The normalized spacial score (nSPS) is 20.7. The summed E-state index contributed by atoms with van der Waals surface area (Å²) in [5.74, 6) is 1.51. The first-order valence-electron chi connectivity index (χ1n) is 8.14. The predicted octanol–water partition coefficient (Wildman–Crippen LogP) is 4.42. The van der Waals surface area contributed by atoms with Gasteiger partial charge in [0.2, 0.25) is 0 Å². The number of fused-ring (bicyclic) bond motifs is 3. The number of benzene rings is 1. The third-order valence-corrected chi connectivity index (χ3v) is 5.25. The molecule has 1 fully saturated rings. The molecule has 114 valence electrons. The first kappa shape index (κ1) is 14.0. The molecule has 0 unspecified atom stereocenters. The van der Waals surface area contributed by atoms with Crippen molar-refractivity contribution in [2.45, 2.75) is 45.1 Å². The number of aromatic nitrogens is 2. The fourth-order valence-corrected chi connectivity index (χ4v) is 4.09. The third-order valence-electron chi connectivity index (χ3n) is 4.94. The van der Waals surface area contributed by atoms with Crippen molar-refractivity contribution in [3.63, 3.8) is 0 Å². The van der Waals surface area contributed by atoms with E-state index in [4.69, 9.17) is 11.6 Å². The van der Waals surface area contributed by atoms with E-state index in [1.54, 1.807) is 6.07 Å². The zero-order chi connectivity index (χ0) is 15.1. The number of rotatable bonds is 1. The van der Waals surface area contributed by atoms with Gasteiger partial charge in [-0.2, -0.15) is 4.98 Å². The fraction of sp³-hybridized carbons (Fsp3) is 0.444. The van der Waals surface area contributed by atoms with Gasteiger partial charge in [-0.3, -0.25) is 4.79 Å². The van der Waals surface area contributed by atoms with Crippen LogP contribution in [-0.4, -0.2) is 9.55 Å². The smallest absolute Gasteiger partial charge is 0.282 e. The molecule has 0 N–H and O–H groups in total. The third kappa shape index (κ3) is 2.28. The van der Waals surface area contributed by atoms with Gasteiger partial charge in [0.05, 0.1) is 15.9 Å². The molecule has 3 nitrogen and oxygen atoms in total. The van der Waals surface area contributed by atoms with Crippen LogP contribution in [0.4, 0.5) is 0 Å². The van der Waals surface area contributed by atoms with Crippen LogP contribution in [0.2, 0.25) is 5.02 Å². The van der Waals surface area contributed by atoms with Crippen LogP contribution in [0.25, 0.3) is 16.5 Å². The van der Waals surface area contributed by atoms with Crippen molar-refractivity contribution in [1.82, 2.24) is 9.55 Å². The molecule has 0 saturated heterocycles. The minimum absolute atomic E-state index is 0.205. The summed E-state index contributed by atoms with van der Waals surface area (Å²) in [6.45, 7) is 0.887. The van der Waals surface area contributed by atoms with E-state index in [-0.39, 0.29) is 5.56 Å². The van der Waals surface area contributed by atoms with E-state index < -0.39 is 0 Å². The van der Waals surface area contributed by atoms with E-state index in [1.807, 2.05) is 12.1 Å². The van der Waals surface area contributed by atoms with Gasteiger partial charge in [0.1, 0.15) is 5.82 Å². The summed E-state index contributed by atoms with van der Waals surface area (Å²) < 4.78 is 2.15. The predicted molar refractivity (Wildman–Crippen MR) is 90.2 cm³/mol. The average molecular weight is 315 g/mol. The number of hydrogen-bond donors (Lipinski definition) is 0. The van der Waals surface area contributed by atoms with Crippen molar-refractivity contribution in [1.29, 1.82) is 0 Å². The minimum Gasteiger partial charge on any atom is -0.325 e. The average Bonchev–Trinajstić information content (AvgIpc) is 2.91. The van der Waals surface area contributed by atoms with E-state index in [0.717, 1.165) is 24.3 Å². The van der Waals surface area contributed by atoms with Gasteiger partial charge in [-0.15, -0.1) is 0 Å². The first-order valence-corrected chi connectivity index (χ1v) is 8.52. The maximum absolute atomic E-state index is 12.4. The van der Waals surface area contributed by atoms with Gasteiger partial charge in [0, 0.05) is 6.54 Å². The quantitative estimate of drug-likeness (QED) is 0.781. The SMILES string of the molecule is O=c1nc2n(c3cccc(Cl)c13)CC/C2=C\C1CCCCC1. The lowest BCUT2D eigenvalue weighted by atomic mass is 9.87. The molecule has 1 aliphatic heterocycles. The first-order chi connectivity index (χ1) is 10.7. The van der Waals surface area contributed by atoms with Crippen molar-refractivity contribution in [2.75, 3.05) is 0 Å². The highest BCUT2D eigenvalue weighted by Crippen LogP contribution is 2.33. The number of nitrogens with zero attached hydrogens (tertiary/aromatic N) is 2. The van der Waals surface area contributed by atoms with Gasteiger partial charge in [0.25, 0.3) is 5.56 Å². The number of halogens is 1. The van der Waals surface area contributed by atoms with Crippen molar-refractivity contribution < 1.29 is 0 Å². The summed E-state index contributed by atoms with van der Waals surface area (Å²) in [5.41, 5.74) is 1.95. The molecule has 2 aromatic rings. The summed E-state index contributed by atoms with van der Waals surface area (Å²) in [6, 6.07) is 5.63. The fourth-order valence-electron chi connectivity index (χ4n) is 3.83. The topological polar surface area (TPSA) is 34.9 Å². The molecule has 0 radical (unpaired) electrons. The molecule has 0 bridgehead atoms. The molecule has 4 rings (SSSR count). The maximum atomic E-state index is 12.4. The van der Waals surface area contributed by atoms with Crippen LogP contribution in [0, 0.1) is 5.92 Å². The van der Waals surface area contributed by atoms with Crippen LogP contribution in [-0.2, 0) is 6.54 Å². The van der Waals surface area contributed by atoms with Crippen LogP contribution in [0.5, 0.6) is 0 Å². The van der Waals surface area contributed by atoms with E-state index in [1.165, 1.54) is 37.7 Å². The van der Waals surface area contributed by atoms with Gasteiger partial charge in [-0.1, -0.05) is 43.0 Å². The molecule has 22 heavy (non-hydrogen) atoms. The second-order valence-corrected chi connectivity index (χ2v) is 6.77. The Balaban J connectivity index is 1.84. The monoisotopic (exact) mass is 314 g/mol. The van der Waals surface area contributed by atoms with Gasteiger partial charge < -0.3 is 4.57 Å². The Labute approximate surface area is 134 Å². The highest BCUT2D eigenvalue weighted by molar-refractivity contribution is 6.35. The van der Waals surface area contributed by atoms with Gasteiger partial charge in [0.15, 0.2) is 0 Å². The number of hydrogen-bond acceptors (Lipinski definition) is 2. The van der Waals surface area contributed by atoms with Crippen LogP contribution in [0.15, 0.2) is 29.1 Å². The lowest BCUT2D eigenvalue weighted by Crippen LogP contribution is -2.15. The molecule has 2 aliphatic rings. The Morgan fingerprint density at radius 2 is 2.05 bits per heavy atom. The van der Waals surface area contributed by atoms with Crippen molar-refractivity contribution >= 4 is 28.1 Å². The van der Waals surface area contributed by atoms with Crippen molar-refractivity contribution in [3.05, 3.63) is 45.5 Å². The van der Waals surface area contributed by atoms with Crippen LogP contribution in [0.3, 0.4) is 0 Å². The summed E-state index contributed by atoms with van der Waals surface area (Å²) in [7, 11) is 0.